The lowest BCUT2D eigenvalue weighted by atomic mass is 10.3. The molecule has 6 nitrogen and oxygen atoms in total. The maximum atomic E-state index is 11.5. The van der Waals surface area contributed by atoms with E-state index in [4.69, 9.17) is 0 Å². The molecule has 21 heavy (non-hydrogen) atoms. The Labute approximate surface area is 130 Å². The number of amides is 1. The quantitative estimate of drug-likeness (QED) is 0.496. The number of guanidine groups is 1. The first-order valence-electron chi connectivity index (χ1n) is 7.28. The first-order chi connectivity index (χ1) is 10.2. The number of thiazole rings is 1. The fraction of sp³-hybridized carbons (Fsp3) is 0.643. The van der Waals surface area contributed by atoms with Crippen molar-refractivity contribution in [3.05, 3.63) is 16.1 Å². The minimum atomic E-state index is 0.0674. The van der Waals surface area contributed by atoms with Crippen LogP contribution < -0.4 is 16.0 Å². The van der Waals surface area contributed by atoms with Gasteiger partial charge in [-0.3, -0.25) is 9.79 Å². The van der Waals surface area contributed by atoms with Crippen LogP contribution in [0.3, 0.4) is 0 Å². The molecular weight excluding hydrogens is 286 g/mol. The molecule has 1 heterocycles. The van der Waals surface area contributed by atoms with Crippen molar-refractivity contribution in [3.8, 4) is 0 Å². The molecule has 0 saturated heterocycles. The van der Waals surface area contributed by atoms with Crippen molar-refractivity contribution in [1.29, 1.82) is 0 Å². The predicted octanol–water partition coefficient (Wildman–Crippen LogP) is 1.08. The monoisotopic (exact) mass is 311 g/mol. The van der Waals surface area contributed by atoms with Crippen molar-refractivity contribution in [2.24, 2.45) is 4.99 Å². The zero-order valence-corrected chi connectivity index (χ0v) is 13.8. The summed E-state index contributed by atoms with van der Waals surface area (Å²) in [5, 5.41) is 12.4. The van der Waals surface area contributed by atoms with Gasteiger partial charge in [0.1, 0.15) is 0 Å². The van der Waals surface area contributed by atoms with Crippen LogP contribution in [0.15, 0.2) is 10.4 Å². The van der Waals surface area contributed by atoms with Gasteiger partial charge >= 0.3 is 0 Å². The summed E-state index contributed by atoms with van der Waals surface area (Å²) in [6, 6.07) is 0. The zero-order chi connectivity index (χ0) is 15.5. The average Bonchev–Trinajstić information content (AvgIpc) is 2.89. The van der Waals surface area contributed by atoms with Crippen LogP contribution in [0.1, 0.15) is 30.5 Å². The van der Waals surface area contributed by atoms with E-state index in [-0.39, 0.29) is 5.91 Å². The van der Waals surface area contributed by atoms with Gasteiger partial charge in [-0.25, -0.2) is 4.98 Å². The smallest absolute Gasteiger partial charge is 0.221 e. The first-order valence-corrected chi connectivity index (χ1v) is 8.16. The lowest BCUT2D eigenvalue weighted by Gasteiger charge is -2.11. The highest BCUT2D eigenvalue weighted by molar-refractivity contribution is 7.09. The maximum Gasteiger partial charge on any atom is 0.221 e. The Morgan fingerprint density at radius 3 is 2.67 bits per heavy atom. The number of aromatic nitrogens is 1. The lowest BCUT2D eigenvalue weighted by molar-refractivity contribution is -0.120. The van der Waals surface area contributed by atoms with Crippen molar-refractivity contribution in [2.45, 2.75) is 33.1 Å². The second kappa shape index (κ2) is 10.1. The van der Waals surface area contributed by atoms with Gasteiger partial charge < -0.3 is 16.0 Å². The maximum absolute atomic E-state index is 11.5. The molecule has 1 aromatic heterocycles. The van der Waals surface area contributed by atoms with E-state index in [2.05, 4.69) is 31.3 Å². The molecule has 0 aliphatic rings. The third kappa shape index (κ3) is 7.65. The minimum Gasteiger partial charge on any atom is -0.356 e. The van der Waals surface area contributed by atoms with Gasteiger partial charge in [0.2, 0.25) is 5.91 Å². The summed E-state index contributed by atoms with van der Waals surface area (Å²) in [6.45, 7) is 6.12. The van der Waals surface area contributed by atoms with Crippen LogP contribution in [0, 0.1) is 6.92 Å². The summed E-state index contributed by atoms with van der Waals surface area (Å²) in [5.41, 5.74) is 1.10. The molecule has 118 valence electrons. The third-order valence-electron chi connectivity index (χ3n) is 2.78. The summed E-state index contributed by atoms with van der Waals surface area (Å²) in [7, 11) is 1.72. The van der Waals surface area contributed by atoms with Gasteiger partial charge in [-0.05, 0) is 13.3 Å². The van der Waals surface area contributed by atoms with Crippen LogP contribution >= 0.6 is 11.3 Å². The van der Waals surface area contributed by atoms with Crippen LogP contribution in [0.5, 0.6) is 0 Å². The Morgan fingerprint density at radius 1 is 1.29 bits per heavy atom. The van der Waals surface area contributed by atoms with Crippen LogP contribution in [-0.2, 0) is 11.2 Å². The molecule has 0 aliphatic heterocycles. The van der Waals surface area contributed by atoms with Crippen molar-refractivity contribution >= 4 is 23.2 Å². The molecule has 0 aromatic carbocycles. The number of nitrogens with one attached hydrogen (secondary N) is 3. The topological polar surface area (TPSA) is 78.4 Å². The Kier molecular flexibility index (Phi) is 8.42. The Balaban J connectivity index is 2.16. The van der Waals surface area contributed by atoms with Gasteiger partial charge in [0.25, 0.3) is 0 Å². The lowest BCUT2D eigenvalue weighted by Crippen LogP contribution is -2.40. The van der Waals surface area contributed by atoms with Gasteiger partial charge in [-0.2, -0.15) is 0 Å². The molecule has 0 aliphatic carbocycles. The molecule has 7 heteroatoms. The van der Waals surface area contributed by atoms with E-state index >= 15 is 0 Å². The number of aliphatic imine (C=N–C) groups is 1. The molecule has 3 N–H and O–H groups in total. The SMILES string of the molecule is CCCNC(=O)CCNC(=NC)NCCc1csc(C)n1. The van der Waals surface area contributed by atoms with Crippen LogP contribution in [0.25, 0.3) is 0 Å². The van der Waals surface area contributed by atoms with Crippen LogP contribution in [0.2, 0.25) is 0 Å². The van der Waals surface area contributed by atoms with Crippen molar-refractivity contribution < 1.29 is 4.79 Å². The zero-order valence-electron chi connectivity index (χ0n) is 13.0. The van der Waals surface area contributed by atoms with E-state index < -0.39 is 0 Å². The van der Waals surface area contributed by atoms with E-state index in [9.17, 15) is 4.79 Å². The number of hydrogen-bond donors (Lipinski definition) is 3. The Bertz CT molecular complexity index is 458. The van der Waals surface area contributed by atoms with Crippen LogP contribution in [-0.4, -0.2) is 43.5 Å². The standard InChI is InChI=1S/C14H25N5OS/c1-4-7-16-13(20)6-9-18-14(15-3)17-8-5-12-10-21-11(2)19-12/h10H,4-9H2,1-3H3,(H,16,20)(H2,15,17,18). The van der Waals surface area contributed by atoms with Gasteiger partial charge in [0.05, 0.1) is 10.7 Å². The highest BCUT2D eigenvalue weighted by Gasteiger charge is 2.02. The van der Waals surface area contributed by atoms with Crippen molar-refractivity contribution in [1.82, 2.24) is 20.9 Å². The summed E-state index contributed by atoms with van der Waals surface area (Å²) in [4.78, 5) is 20.0. The summed E-state index contributed by atoms with van der Waals surface area (Å²) in [5.74, 6) is 0.781. The number of aryl methyl sites for hydroxylation is 1. The van der Waals surface area contributed by atoms with Gasteiger partial charge in [-0.15, -0.1) is 11.3 Å². The van der Waals surface area contributed by atoms with Gasteiger partial charge in [0, 0.05) is 44.9 Å². The summed E-state index contributed by atoms with van der Waals surface area (Å²) >= 11 is 1.66. The molecule has 0 atom stereocenters. The molecule has 0 unspecified atom stereocenters. The van der Waals surface area contributed by atoms with E-state index in [1.54, 1.807) is 18.4 Å². The molecule has 1 amide bonds. The second-order valence-corrected chi connectivity index (χ2v) is 5.70. The average molecular weight is 311 g/mol. The molecular formula is C14H25N5OS. The van der Waals surface area contributed by atoms with Gasteiger partial charge in [-0.1, -0.05) is 6.92 Å². The van der Waals surface area contributed by atoms with E-state index in [1.807, 2.05) is 13.8 Å². The number of rotatable bonds is 8. The number of hydrogen-bond acceptors (Lipinski definition) is 4. The highest BCUT2D eigenvalue weighted by Crippen LogP contribution is 2.07. The van der Waals surface area contributed by atoms with Gasteiger partial charge in [0.15, 0.2) is 5.96 Å². The third-order valence-corrected chi connectivity index (χ3v) is 3.60. The Morgan fingerprint density at radius 2 is 2.05 bits per heavy atom. The normalized spacial score (nSPS) is 11.3. The molecule has 0 radical (unpaired) electrons. The van der Waals surface area contributed by atoms with Crippen LogP contribution in [0.4, 0.5) is 0 Å². The molecule has 1 aromatic rings. The predicted molar refractivity (Wildman–Crippen MR) is 87.8 cm³/mol. The summed E-state index contributed by atoms with van der Waals surface area (Å²) < 4.78 is 0. The number of nitrogens with zero attached hydrogens (tertiary/aromatic N) is 2. The first kappa shape index (κ1) is 17.4. The fourth-order valence-corrected chi connectivity index (χ4v) is 2.35. The minimum absolute atomic E-state index is 0.0674. The second-order valence-electron chi connectivity index (χ2n) is 4.63. The molecule has 0 spiro atoms. The highest BCUT2D eigenvalue weighted by atomic mass is 32.1. The number of carbonyl (C=O) groups is 1. The largest absolute Gasteiger partial charge is 0.356 e. The molecule has 0 bridgehead atoms. The molecule has 0 fully saturated rings. The van der Waals surface area contributed by atoms with E-state index in [0.717, 1.165) is 36.6 Å². The van der Waals surface area contributed by atoms with Crippen molar-refractivity contribution in [3.63, 3.8) is 0 Å². The number of carbonyl (C=O) groups excluding carboxylic acids is 1. The molecule has 0 saturated carbocycles. The molecule has 1 rings (SSSR count). The fourth-order valence-electron chi connectivity index (χ4n) is 1.70. The van der Waals surface area contributed by atoms with Crippen molar-refractivity contribution in [2.75, 3.05) is 26.7 Å². The summed E-state index contributed by atoms with van der Waals surface area (Å²) in [6.07, 6.45) is 2.27. The Hall–Kier alpha value is -1.63. The van der Waals surface area contributed by atoms with E-state index in [1.165, 1.54) is 0 Å². The van der Waals surface area contributed by atoms with E-state index in [0.29, 0.717) is 18.9 Å².